The maximum absolute atomic E-state index is 11.8. The Kier molecular flexibility index (Phi) is 4.56. The van der Waals surface area contributed by atoms with Crippen LogP contribution in [0.4, 0.5) is 0 Å². The maximum Gasteiger partial charge on any atom is 0.155 e. The summed E-state index contributed by atoms with van der Waals surface area (Å²) in [6, 6.07) is 0. The molecule has 0 aliphatic heterocycles. The van der Waals surface area contributed by atoms with Crippen LogP contribution in [-0.2, 0) is 4.79 Å². The number of allylic oxidation sites excluding steroid dienone is 1. The number of carbonyl (C=O) groups excluding carboxylic acids is 1. The first-order valence-electron chi connectivity index (χ1n) is 8.61. The van der Waals surface area contributed by atoms with Crippen molar-refractivity contribution in [2.45, 2.75) is 65.2 Å². The minimum atomic E-state index is 0. The Hall–Kier alpha value is 0.852. The van der Waals surface area contributed by atoms with E-state index in [4.69, 9.17) is 0 Å². The first kappa shape index (κ1) is 16.7. The molecule has 4 aliphatic rings. The second-order valence-electron chi connectivity index (χ2n) is 8.29. The van der Waals surface area contributed by atoms with Gasteiger partial charge in [-0.3, -0.25) is 4.79 Å². The molecular formula is C19H27AcO-. The molecule has 5 unspecified atom stereocenters. The van der Waals surface area contributed by atoms with Gasteiger partial charge in [-0.15, -0.1) is 0 Å². The predicted molar refractivity (Wildman–Crippen MR) is 81.0 cm³/mol. The second-order valence-corrected chi connectivity index (χ2v) is 8.29. The van der Waals surface area contributed by atoms with E-state index in [0.29, 0.717) is 16.6 Å². The number of ketones is 1. The van der Waals surface area contributed by atoms with Crippen molar-refractivity contribution in [3.05, 3.63) is 18.1 Å². The van der Waals surface area contributed by atoms with Crippen molar-refractivity contribution in [3.63, 3.8) is 0 Å². The Morgan fingerprint density at radius 1 is 1.10 bits per heavy atom. The van der Waals surface area contributed by atoms with Gasteiger partial charge in [-0.25, -0.2) is 0 Å². The summed E-state index contributed by atoms with van der Waals surface area (Å²) < 4.78 is 0. The molecule has 113 valence electrons. The molecule has 4 aliphatic carbocycles. The maximum atomic E-state index is 11.8. The zero-order chi connectivity index (χ0) is 14.0. The molecule has 5 atom stereocenters. The van der Waals surface area contributed by atoms with Crippen LogP contribution >= 0.6 is 0 Å². The van der Waals surface area contributed by atoms with Gasteiger partial charge in [0.2, 0.25) is 0 Å². The van der Waals surface area contributed by atoms with Crippen LogP contribution in [0.5, 0.6) is 0 Å². The predicted octanol–water partition coefficient (Wildman–Crippen LogP) is 4.72. The summed E-state index contributed by atoms with van der Waals surface area (Å²) in [6.45, 7) is 4.99. The number of carbonyl (C=O) groups is 1. The molecule has 0 N–H and O–H groups in total. The fourth-order valence-corrected chi connectivity index (χ4v) is 6.30. The molecule has 0 aromatic carbocycles. The van der Waals surface area contributed by atoms with Crippen LogP contribution in [0, 0.1) is 79.1 Å². The minimum absolute atomic E-state index is 0. The van der Waals surface area contributed by atoms with E-state index >= 15 is 0 Å². The summed E-state index contributed by atoms with van der Waals surface area (Å²) >= 11 is 0. The van der Waals surface area contributed by atoms with Gasteiger partial charge in [-0.05, 0) is 42.6 Å². The van der Waals surface area contributed by atoms with Crippen LogP contribution in [-0.4, -0.2) is 5.78 Å². The van der Waals surface area contributed by atoms with Gasteiger partial charge in [0.15, 0.2) is 5.78 Å². The normalized spacial score (nSPS) is 48.6. The van der Waals surface area contributed by atoms with Gasteiger partial charge in [0, 0.05) is 50.5 Å². The van der Waals surface area contributed by atoms with Crippen LogP contribution in [0.3, 0.4) is 0 Å². The van der Waals surface area contributed by atoms with Crippen LogP contribution < -0.4 is 0 Å². The number of fused-ring (bicyclic) bond motifs is 5. The molecule has 21 heavy (non-hydrogen) atoms. The van der Waals surface area contributed by atoms with E-state index in [-0.39, 0.29) is 44.1 Å². The number of hydrogen-bond acceptors (Lipinski definition) is 1. The van der Waals surface area contributed by atoms with E-state index in [9.17, 15) is 4.79 Å². The molecule has 0 bridgehead atoms. The molecule has 1 nitrogen and oxygen atoms in total. The molecule has 3 fully saturated rings. The standard InChI is InChI=1S/C19H27O.Ac/c1-18-9-3-4-16(18)15-6-5-13-12-14(20)7-11-19(13,2)17(15)8-10-18;/h9,12,15-17H,3-8,10-11H2,1-2H3;/q-1;. The van der Waals surface area contributed by atoms with Crippen LogP contribution in [0.2, 0.25) is 0 Å². The Morgan fingerprint density at radius 2 is 1.90 bits per heavy atom. The number of hydrogen-bond donors (Lipinski definition) is 0. The van der Waals surface area contributed by atoms with E-state index in [2.05, 4.69) is 20.3 Å². The summed E-state index contributed by atoms with van der Waals surface area (Å²) in [7, 11) is 0. The van der Waals surface area contributed by atoms with Gasteiger partial charge in [-0.1, -0.05) is 44.6 Å². The van der Waals surface area contributed by atoms with Gasteiger partial charge in [0.1, 0.15) is 0 Å². The molecule has 0 aromatic heterocycles. The van der Waals surface area contributed by atoms with Crippen molar-refractivity contribution in [1.29, 1.82) is 0 Å². The van der Waals surface area contributed by atoms with E-state index in [1.54, 1.807) is 0 Å². The Morgan fingerprint density at radius 3 is 2.71 bits per heavy atom. The van der Waals surface area contributed by atoms with E-state index in [0.717, 1.165) is 30.6 Å². The van der Waals surface area contributed by atoms with E-state index in [1.165, 1.54) is 44.1 Å². The zero-order valence-corrected chi connectivity index (χ0v) is 18.3. The molecule has 0 heterocycles. The van der Waals surface area contributed by atoms with Crippen molar-refractivity contribution in [3.8, 4) is 0 Å². The summed E-state index contributed by atoms with van der Waals surface area (Å²) in [5, 5.41) is 0. The van der Waals surface area contributed by atoms with Gasteiger partial charge >= 0.3 is 0 Å². The molecule has 1 radical (unpaired) electrons. The topological polar surface area (TPSA) is 17.1 Å². The smallest absolute Gasteiger partial charge is 0.155 e. The fraction of sp³-hybridized carbons (Fsp3) is 0.789. The molecule has 0 saturated heterocycles. The molecule has 3 saturated carbocycles. The quantitative estimate of drug-likeness (QED) is 0.442. The van der Waals surface area contributed by atoms with Crippen molar-refractivity contribution < 1.29 is 48.9 Å². The zero-order valence-electron chi connectivity index (χ0n) is 13.5. The summed E-state index contributed by atoms with van der Waals surface area (Å²) in [4.78, 5) is 11.8. The van der Waals surface area contributed by atoms with Crippen LogP contribution in [0.25, 0.3) is 0 Å². The summed E-state index contributed by atoms with van der Waals surface area (Å²) in [5.41, 5.74) is 2.38. The average molecular weight is 498 g/mol. The molecule has 2 heteroatoms. The van der Waals surface area contributed by atoms with E-state index < -0.39 is 0 Å². The van der Waals surface area contributed by atoms with Gasteiger partial charge in [0.25, 0.3) is 0 Å². The van der Waals surface area contributed by atoms with Crippen LogP contribution in [0.15, 0.2) is 11.6 Å². The van der Waals surface area contributed by atoms with Crippen molar-refractivity contribution in [2.24, 2.45) is 28.6 Å². The van der Waals surface area contributed by atoms with Crippen molar-refractivity contribution in [2.75, 3.05) is 0 Å². The molecule has 0 amide bonds. The monoisotopic (exact) mass is 498 g/mol. The third-order valence-electron chi connectivity index (χ3n) is 7.49. The van der Waals surface area contributed by atoms with Gasteiger partial charge in [0.05, 0.1) is 0 Å². The first-order chi connectivity index (χ1) is 9.53. The second kappa shape index (κ2) is 5.74. The first-order valence-corrected chi connectivity index (χ1v) is 8.61. The van der Waals surface area contributed by atoms with Gasteiger partial charge < -0.3 is 6.42 Å². The molecule has 0 aromatic rings. The Labute approximate surface area is 165 Å². The SMILES string of the molecule is CC12[CH-]CCC1C1CCC3=CC(=O)CCC3(C)C1CC2.[Ac]. The summed E-state index contributed by atoms with van der Waals surface area (Å²) in [6.07, 6.45) is 14.6. The van der Waals surface area contributed by atoms with Crippen LogP contribution in [0.1, 0.15) is 65.2 Å². The summed E-state index contributed by atoms with van der Waals surface area (Å²) in [5.74, 6) is 3.08. The third-order valence-corrected chi connectivity index (χ3v) is 7.49. The van der Waals surface area contributed by atoms with Gasteiger partial charge in [-0.2, -0.15) is 11.8 Å². The van der Waals surface area contributed by atoms with E-state index in [1.807, 2.05) is 6.08 Å². The molecule has 0 spiro atoms. The largest absolute Gasteiger partial charge is 0.322 e. The minimum Gasteiger partial charge on any atom is -0.322 e. The van der Waals surface area contributed by atoms with Crippen molar-refractivity contribution >= 4 is 5.78 Å². The Balaban J connectivity index is 0.00000132. The third kappa shape index (κ3) is 2.46. The Bertz CT molecular complexity index is 482. The average Bonchev–Trinajstić information content (AvgIpc) is 2.81. The van der Waals surface area contributed by atoms with Crippen molar-refractivity contribution in [1.82, 2.24) is 0 Å². The fourth-order valence-electron chi connectivity index (χ4n) is 6.30. The molecular weight excluding hydrogens is 471 g/mol. The number of rotatable bonds is 0. The molecule has 4 rings (SSSR count).